The van der Waals surface area contributed by atoms with Gasteiger partial charge in [-0.2, -0.15) is 0 Å². The number of carbonyl (C=O) groups is 2. The first-order valence-corrected chi connectivity index (χ1v) is 10.0. The Labute approximate surface area is 182 Å². The first-order valence-electron chi connectivity index (χ1n) is 10.0. The molecule has 0 unspecified atom stereocenters. The van der Waals surface area contributed by atoms with Crippen LogP contribution >= 0.6 is 0 Å². The van der Waals surface area contributed by atoms with Crippen molar-refractivity contribution in [3.8, 4) is 5.75 Å². The summed E-state index contributed by atoms with van der Waals surface area (Å²) in [5.41, 5.74) is 1.57. The zero-order valence-electron chi connectivity index (χ0n) is 18.0. The van der Waals surface area contributed by atoms with Gasteiger partial charge in [-0.05, 0) is 43.7 Å². The van der Waals surface area contributed by atoms with Gasteiger partial charge >= 0.3 is 11.9 Å². The maximum Gasteiger partial charge on any atom is 0.343 e. The molecule has 2 aromatic rings. The molecule has 2 rings (SSSR count). The minimum absolute atomic E-state index is 0.00221. The Kier molecular flexibility index (Phi) is 9.29. The van der Waals surface area contributed by atoms with E-state index in [0.29, 0.717) is 35.4 Å². The van der Waals surface area contributed by atoms with Gasteiger partial charge in [-0.3, -0.25) is 4.99 Å². The Balaban J connectivity index is 2.17. The van der Waals surface area contributed by atoms with Crippen molar-refractivity contribution in [2.24, 2.45) is 4.99 Å². The van der Waals surface area contributed by atoms with E-state index in [-0.39, 0.29) is 24.5 Å². The number of para-hydroxylation sites is 1. The van der Waals surface area contributed by atoms with Gasteiger partial charge in [0, 0.05) is 18.2 Å². The highest BCUT2D eigenvalue weighted by atomic mass is 16.5. The van der Waals surface area contributed by atoms with Gasteiger partial charge in [-0.1, -0.05) is 25.1 Å². The molecule has 0 aromatic heterocycles. The summed E-state index contributed by atoms with van der Waals surface area (Å²) in [6.07, 6.45) is 2.29. The summed E-state index contributed by atoms with van der Waals surface area (Å²) >= 11 is 0. The maximum atomic E-state index is 12.3. The molecule has 7 heteroatoms. The summed E-state index contributed by atoms with van der Waals surface area (Å²) in [4.78, 5) is 28.8. The van der Waals surface area contributed by atoms with E-state index in [9.17, 15) is 14.7 Å². The van der Waals surface area contributed by atoms with E-state index in [1.165, 1.54) is 6.21 Å². The maximum absolute atomic E-state index is 12.3. The van der Waals surface area contributed by atoms with E-state index < -0.39 is 11.9 Å². The number of allylic oxidation sites excluding steroid dienone is 1. The third-order valence-electron chi connectivity index (χ3n) is 4.30. The van der Waals surface area contributed by atoms with E-state index in [1.807, 2.05) is 6.92 Å². The van der Waals surface area contributed by atoms with Crippen LogP contribution in [0.15, 0.2) is 64.9 Å². The number of esters is 2. The van der Waals surface area contributed by atoms with Crippen LogP contribution in [0.2, 0.25) is 0 Å². The molecule has 0 spiro atoms. The van der Waals surface area contributed by atoms with Gasteiger partial charge in [0.05, 0.1) is 25.0 Å². The standard InChI is InChI=1S/C24H27NO6/c1-4-8-22(26)20(24(28)30-5-2)15-25-21-10-7-6-9-18(21)16-31-23(27)17-11-13-19(29-3)14-12-17/h6-7,9-15,26H,4-5,8,16H2,1-3H3/b22-20+,25-15?. The molecule has 0 saturated carbocycles. The number of ether oxygens (including phenoxy) is 3. The van der Waals surface area contributed by atoms with E-state index in [0.717, 1.165) is 0 Å². The third-order valence-corrected chi connectivity index (χ3v) is 4.30. The quantitative estimate of drug-likeness (QED) is 0.251. The zero-order valence-corrected chi connectivity index (χ0v) is 18.0. The van der Waals surface area contributed by atoms with Crippen molar-refractivity contribution >= 4 is 23.8 Å². The number of rotatable bonds is 10. The first kappa shape index (κ1) is 23.7. The Morgan fingerprint density at radius 1 is 1.03 bits per heavy atom. The van der Waals surface area contributed by atoms with Crippen LogP contribution in [0.3, 0.4) is 0 Å². The van der Waals surface area contributed by atoms with Crippen LogP contribution in [0.1, 0.15) is 42.6 Å². The lowest BCUT2D eigenvalue weighted by Crippen LogP contribution is -2.11. The molecule has 0 heterocycles. The Hall–Kier alpha value is -3.61. The second-order valence-electron chi connectivity index (χ2n) is 6.52. The second kappa shape index (κ2) is 12.2. The van der Waals surface area contributed by atoms with Gasteiger partial charge < -0.3 is 19.3 Å². The number of aliphatic hydroxyl groups excluding tert-OH is 1. The van der Waals surface area contributed by atoms with Crippen LogP contribution in [0.5, 0.6) is 5.75 Å². The van der Waals surface area contributed by atoms with Gasteiger partial charge in [0.15, 0.2) is 0 Å². The molecule has 0 amide bonds. The number of aliphatic imine (C=N–C) groups is 1. The molecule has 0 atom stereocenters. The normalized spacial score (nSPS) is 11.7. The molecule has 2 aromatic carbocycles. The first-order chi connectivity index (χ1) is 15.0. The van der Waals surface area contributed by atoms with Gasteiger partial charge in [0.1, 0.15) is 23.7 Å². The van der Waals surface area contributed by atoms with E-state index in [1.54, 1.807) is 62.6 Å². The van der Waals surface area contributed by atoms with Crippen molar-refractivity contribution in [1.29, 1.82) is 0 Å². The molecular weight excluding hydrogens is 398 g/mol. The molecule has 1 N–H and O–H groups in total. The molecule has 0 radical (unpaired) electrons. The van der Waals surface area contributed by atoms with Crippen molar-refractivity contribution in [1.82, 2.24) is 0 Å². The Morgan fingerprint density at radius 3 is 2.39 bits per heavy atom. The number of hydrogen-bond donors (Lipinski definition) is 1. The van der Waals surface area contributed by atoms with Crippen LogP contribution in [0.25, 0.3) is 0 Å². The summed E-state index contributed by atoms with van der Waals surface area (Å²) in [5, 5.41) is 10.2. The molecule has 7 nitrogen and oxygen atoms in total. The number of methoxy groups -OCH3 is 1. The molecule has 0 bridgehead atoms. The van der Waals surface area contributed by atoms with E-state index >= 15 is 0 Å². The van der Waals surface area contributed by atoms with Gasteiger partial charge in [0.2, 0.25) is 0 Å². The fourth-order valence-corrected chi connectivity index (χ4v) is 2.67. The zero-order chi connectivity index (χ0) is 22.6. The third kappa shape index (κ3) is 6.99. The molecule has 0 aliphatic rings. The van der Waals surface area contributed by atoms with Crippen molar-refractivity contribution in [2.45, 2.75) is 33.3 Å². The van der Waals surface area contributed by atoms with Crippen molar-refractivity contribution in [2.75, 3.05) is 13.7 Å². The summed E-state index contributed by atoms with van der Waals surface area (Å²) in [6.45, 7) is 3.77. The summed E-state index contributed by atoms with van der Waals surface area (Å²) in [6, 6.07) is 13.7. The van der Waals surface area contributed by atoms with Crippen LogP contribution in [-0.4, -0.2) is 37.0 Å². The van der Waals surface area contributed by atoms with Gasteiger partial charge in [-0.25, -0.2) is 9.59 Å². The fourth-order valence-electron chi connectivity index (χ4n) is 2.67. The highest BCUT2D eigenvalue weighted by molar-refractivity contribution is 6.10. The minimum Gasteiger partial charge on any atom is -0.511 e. The number of benzene rings is 2. The van der Waals surface area contributed by atoms with Gasteiger partial charge in [-0.15, -0.1) is 0 Å². The number of nitrogens with zero attached hydrogens (tertiary/aromatic N) is 1. The summed E-state index contributed by atoms with van der Waals surface area (Å²) < 4.78 is 15.5. The average molecular weight is 425 g/mol. The summed E-state index contributed by atoms with van der Waals surface area (Å²) in [5.74, 6) is -0.545. The number of hydrogen-bond acceptors (Lipinski definition) is 7. The molecule has 164 valence electrons. The topological polar surface area (TPSA) is 94.4 Å². The SMILES string of the molecule is CCC/C(O)=C(/C=Nc1ccccc1COC(=O)c1ccc(OC)cc1)C(=O)OCC. The van der Waals surface area contributed by atoms with Crippen LogP contribution in [0, 0.1) is 0 Å². The fraction of sp³-hybridized carbons (Fsp3) is 0.292. The highest BCUT2D eigenvalue weighted by Gasteiger charge is 2.15. The molecule has 0 fully saturated rings. The average Bonchev–Trinajstić information content (AvgIpc) is 2.78. The van der Waals surface area contributed by atoms with Crippen LogP contribution in [-0.2, 0) is 20.9 Å². The second-order valence-corrected chi connectivity index (χ2v) is 6.52. The predicted molar refractivity (Wildman–Crippen MR) is 118 cm³/mol. The lowest BCUT2D eigenvalue weighted by Gasteiger charge is -2.09. The Morgan fingerprint density at radius 2 is 1.74 bits per heavy atom. The van der Waals surface area contributed by atoms with Crippen LogP contribution in [0.4, 0.5) is 5.69 Å². The lowest BCUT2D eigenvalue weighted by atomic mass is 10.1. The highest BCUT2D eigenvalue weighted by Crippen LogP contribution is 2.21. The molecule has 31 heavy (non-hydrogen) atoms. The number of carbonyl (C=O) groups excluding carboxylic acids is 2. The molecule has 0 saturated heterocycles. The monoisotopic (exact) mass is 425 g/mol. The Bertz CT molecular complexity index is 947. The summed E-state index contributed by atoms with van der Waals surface area (Å²) in [7, 11) is 1.55. The largest absolute Gasteiger partial charge is 0.511 e. The van der Waals surface area contributed by atoms with Crippen LogP contribution < -0.4 is 4.74 Å². The smallest absolute Gasteiger partial charge is 0.343 e. The molecule has 0 aliphatic carbocycles. The van der Waals surface area contributed by atoms with Crippen molar-refractivity contribution in [3.05, 3.63) is 71.0 Å². The minimum atomic E-state index is -0.638. The number of aliphatic hydroxyl groups is 1. The van der Waals surface area contributed by atoms with E-state index in [4.69, 9.17) is 14.2 Å². The van der Waals surface area contributed by atoms with Crippen molar-refractivity contribution < 1.29 is 28.9 Å². The van der Waals surface area contributed by atoms with Crippen molar-refractivity contribution in [3.63, 3.8) is 0 Å². The lowest BCUT2D eigenvalue weighted by molar-refractivity contribution is -0.138. The molecular formula is C24H27NO6. The predicted octanol–water partition coefficient (Wildman–Crippen LogP) is 4.93. The molecule has 0 aliphatic heterocycles. The van der Waals surface area contributed by atoms with Gasteiger partial charge in [0.25, 0.3) is 0 Å². The van der Waals surface area contributed by atoms with E-state index in [2.05, 4.69) is 4.99 Å².